The maximum atomic E-state index is 9.67. The number of benzene rings is 1. The molecule has 2 fully saturated rings. The second-order valence-electron chi connectivity index (χ2n) is 12.6. The quantitative estimate of drug-likeness (QED) is 0.204. The highest BCUT2D eigenvalue weighted by Crippen LogP contribution is 2.35. The molecule has 1 saturated heterocycles. The van der Waals surface area contributed by atoms with Gasteiger partial charge >= 0.3 is 0 Å². The number of nitrogens with one attached hydrogen (secondary N) is 1. The molecule has 6 rings (SSSR count). The first-order valence-corrected chi connectivity index (χ1v) is 16.6. The van der Waals surface area contributed by atoms with E-state index in [2.05, 4.69) is 43.3 Å². The molecule has 1 N–H and O–H groups in total. The third kappa shape index (κ3) is 8.46. The van der Waals surface area contributed by atoms with Crippen molar-refractivity contribution in [3.05, 3.63) is 55.0 Å². The van der Waals surface area contributed by atoms with Crippen LogP contribution in [0.2, 0.25) is 0 Å². The predicted molar refractivity (Wildman–Crippen MR) is 178 cm³/mol. The van der Waals surface area contributed by atoms with E-state index >= 15 is 0 Å². The second-order valence-corrected chi connectivity index (χ2v) is 12.6. The number of morpholine rings is 1. The molecule has 254 valence electrons. The Morgan fingerprint density at radius 2 is 1.81 bits per heavy atom. The molecule has 48 heavy (non-hydrogen) atoms. The van der Waals surface area contributed by atoms with Crippen molar-refractivity contribution in [2.45, 2.75) is 64.3 Å². The first kappa shape index (κ1) is 33.3. The van der Waals surface area contributed by atoms with Gasteiger partial charge in [0.25, 0.3) is 5.88 Å². The zero-order valence-corrected chi connectivity index (χ0v) is 27.9. The summed E-state index contributed by atoms with van der Waals surface area (Å²) < 4.78 is 26.9. The van der Waals surface area contributed by atoms with Crippen LogP contribution in [0.15, 0.2) is 49.4 Å². The van der Waals surface area contributed by atoms with E-state index in [-0.39, 0.29) is 12.0 Å². The zero-order chi connectivity index (χ0) is 33.3. The zero-order valence-electron chi connectivity index (χ0n) is 27.9. The fourth-order valence-corrected chi connectivity index (χ4v) is 6.34. The third-order valence-corrected chi connectivity index (χ3v) is 8.83. The Kier molecular flexibility index (Phi) is 11.1. The van der Waals surface area contributed by atoms with E-state index in [1.165, 1.54) is 6.33 Å². The number of hydrogen-bond donors (Lipinski definition) is 1. The fraction of sp³-hybridized carbons (Fsp3) is 0.529. The van der Waals surface area contributed by atoms with Crippen LogP contribution in [0.4, 0.5) is 11.6 Å². The highest BCUT2D eigenvalue weighted by Gasteiger charge is 2.29. The van der Waals surface area contributed by atoms with E-state index in [0.29, 0.717) is 55.0 Å². The Morgan fingerprint density at radius 3 is 2.52 bits per heavy atom. The first-order valence-electron chi connectivity index (χ1n) is 16.6. The molecule has 4 aromatic rings. The molecule has 0 spiro atoms. The Balaban J connectivity index is 1.14. The maximum absolute atomic E-state index is 9.67. The summed E-state index contributed by atoms with van der Waals surface area (Å²) in [5.41, 5.74) is 2.79. The van der Waals surface area contributed by atoms with E-state index < -0.39 is 0 Å². The van der Waals surface area contributed by atoms with Crippen molar-refractivity contribution < 1.29 is 18.9 Å². The van der Waals surface area contributed by atoms with Crippen LogP contribution in [0.5, 0.6) is 11.6 Å². The van der Waals surface area contributed by atoms with Gasteiger partial charge in [-0.25, -0.2) is 19.6 Å². The summed E-state index contributed by atoms with van der Waals surface area (Å²) >= 11 is 0. The molecule has 2 unspecified atom stereocenters. The summed E-state index contributed by atoms with van der Waals surface area (Å²) in [7, 11) is 1.69. The lowest BCUT2D eigenvalue weighted by atomic mass is 9.90. The van der Waals surface area contributed by atoms with Gasteiger partial charge in [-0.05, 0) is 50.3 Å². The predicted octanol–water partition coefficient (Wildman–Crippen LogP) is 4.49. The molecule has 1 saturated carbocycles. The van der Waals surface area contributed by atoms with Crippen LogP contribution in [-0.2, 0) is 16.0 Å². The van der Waals surface area contributed by atoms with Crippen LogP contribution in [0.3, 0.4) is 0 Å². The molecule has 1 aliphatic heterocycles. The number of anilines is 2. The third-order valence-electron chi connectivity index (χ3n) is 8.83. The molecule has 0 radical (unpaired) electrons. The lowest BCUT2D eigenvalue weighted by Crippen LogP contribution is -2.45. The first-order chi connectivity index (χ1) is 23.5. The molecule has 2 aliphatic rings. The molecule has 14 heteroatoms. The Labute approximate surface area is 281 Å². The standard InChI is InChI=1S/C34H44N10O4/c1-24(20-45-3)21-47-33-31(19-44(41-33)30-8-6-29(7-9-30)42-10-12-46-13-11-42)40-34-37-16-28(17-38-34)26-4-5-27(15-35)32(14-26)48-25(2)18-43-23-36-22-39-43/h4-5,14,16-17,19,22-25,29-30H,6-13,18,20-21H2,1-3H3,(H,37,38,40). The normalized spacial score (nSPS) is 19.7. The van der Waals surface area contributed by atoms with Gasteiger partial charge in [-0.1, -0.05) is 13.0 Å². The second kappa shape index (κ2) is 16.0. The Hall–Kier alpha value is -4.58. The molecule has 4 heterocycles. The number of nitrogens with zero attached hydrogens (tertiary/aromatic N) is 9. The monoisotopic (exact) mass is 656 g/mol. The number of methoxy groups -OCH3 is 1. The summed E-state index contributed by atoms with van der Waals surface area (Å²) in [6.07, 6.45) is 12.8. The summed E-state index contributed by atoms with van der Waals surface area (Å²) in [5.74, 6) is 1.64. The average molecular weight is 657 g/mol. The molecule has 1 aromatic carbocycles. The molecular weight excluding hydrogens is 612 g/mol. The molecule has 0 bridgehead atoms. The smallest absolute Gasteiger partial charge is 0.256 e. The minimum atomic E-state index is -0.230. The lowest BCUT2D eigenvalue weighted by molar-refractivity contribution is 0.00502. The van der Waals surface area contributed by atoms with Gasteiger partial charge in [0, 0.05) is 50.1 Å². The van der Waals surface area contributed by atoms with E-state index in [0.717, 1.165) is 68.8 Å². The van der Waals surface area contributed by atoms with Crippen molar-refractivity contribution in [3.63, 3.8) is 0 Å². The Bertz CT molecular complexity index is 1620. The minimum Gasteiger partial charge on any atom is -0.487 e. The van der Waals surface area contributed by atoms with Crippen molar-refractivity contribution in [2.75, 3.05) is 51.9 Å². The highest BCUT2D eigenvalue weighted by atomic mass is 16.5. The van der Waals surface area contributed by atoms with Crippen LogP contribution < -0.4 is 14.8 Å². The van der Waals surface area contributed by atoms with Gasteiger partial charge in [-0.15, -0.1) is 5.10 Å². The molecule has 0 amide bonds. The van der Waals surface area contributed by atoms with Crippen LogP contribution in [-0.4, -0.2) is 98.2 Å². The summed E-state index contributed by atoms with van der Waals surface area (Å²) in [6, 6.07) is 8.57. The molecule has 14 nitrogen and oxygen atoms in total. The van der Waals surface area contributed by atoms with Crippen molar-refractivity contribution >= 4 is 11.6 Å². The topological polar surface area (TPSA) is 150 Å². The van der Waals surface area contributed by atoms with Crippen molar-refractivity contribution in [3.8, 4) is 28.8 Å². The van der Waals surface area contributed by atoms with E-state index in [1.807, 2.05) is 29.9 Å². The summed E-state index contributed by atoms with van der Waals surface area (Å²) in [5, 5.41) is 22.0. The van der Waals surface area contributed by atoms with Crippen molar-refractivity contribution in [1.82, 2.24) is 39.4 Å². The lowest BCUT2D eigenvalue weighted by Gasteiger charge is -2.38. The maximum Gasteiger partial charge on any atom is 0.256 e. The van der Waals surface area contributed by atoms with Gasteiger partial charge < -0.3 is 24.3 Å². The van der Waals surface area contributed by atoms with Gasteiger partial charge in [-0.2, -0.15) is 10.4 Å². The fourth-order valence-electron chi connectivity index (χ4n) is 6.34. The molecule has 1 aliphatic carbocycles. The van der Waals surface area contributed by atoms with E-state index in [4.69, 9.17) is 24.0 Å². The Morgan fingerprint density at radius 1 is 1.04 bits per heavy atom. The van der Waals surface area contributed by atoms with Crippen molar-refractivity contribution in [1.29, 1.82) is 5.26 Å². The van der Waals surface area contributed by atoms with Crippen LogP contribution >= 0.6 is 0 Å². The average Bonchev–Trinajstić information content (AvgIpc) is 3.78. The molecule has 3 aromatic heterocycles. The van der Waals surface area contributed by atoms with Gasteiger partial charge in [0.1, 0.15) is 36.3 Å². The minimum absolute atomic E-state index is 0.208. The number of nitriles is 1. The van der Waals surface area contributed by atoms with Gasteiger partial charge in [0.15, 0.2) is 0 Å². The van der Waals surface area contributed by atoms with Gasteiger partial charge in [0.05, 0.1) is 50.8 Å². The van der Waals surface area contributed by atoms with Crippen LogP contribution in [0.25, 0.3) is 11.1 Å². The summed E-state index contributed by atoms with van der Waals surface area (Å²) in [6.45, 7) is 9.28. The van der Waals surface area contributed by atoms with Gasteiger partial charge in [0.2, 0.25) is 5.95 Å². The molecule has 2 atom stereocenters. The van der Waals surface area contributed by atoms with Crippen molar-refractivity contribution in [2.24, 2.45) is 5.92 Å². The largest absolute Gasteiger partial charge is 0.487 e. The van der Waals surface area contributed by atoms with Gasteiger partial charge in [-0.3, -0.25) is 9.58 Å². The van der Waals surface area contributed by atoms with E-state index in [9.17, 15) is 5.26 Å². The number of rotatable bonds is 14. The van der Waals surface area contributed by atoms with E-state index in [1.54, 1.807) is 36.6 Å². The SMILES string of the molecule is COCC(C)COc1nn(C2CCC(N3CCOCC3)CC2)cc1Nc1ncc(-c2ccc(C#N)c(OC(C)Cn3cncn3)c2)cn1. The summed E-state index contributed by atoms with van der Waals surface area (Å²) in [4.78, 5) is 15.8. The number of hydrogen-bond acceptors (Lipinski definition) is 12. The number of ether oxygens (including phenoxy) is 4. The molecular formula is C34H44N10O4. The van der Waals surface area contributed by atoms with Crippen LogP contribution in [0.1, 0.15) is 51.1 Å². The highest BCUT2D eigenvalue weighted by molar-refractivity contribution is 5.67. The number of aromatic nitrogens is 7. The van der Waals surface area contributed by atoms with Crippen LogP contribution in [0, 0.1) is 17.2 Å².